The second kappa shape index (κ2) is 9.76. The van der Waals surface area contributed by atoms with E-state index in [9.17, 15) is 32.7 Å². The summed E-state index contributed by atoms with van der Waals surface area (Å²) in [5.74, 6) is -7.93. The van der Waals surface area contributed by atoms with Crippen LogP contribution in [0.15, 0.2) is 24.3 Å². The molecule has 3 N–H and O–H groups in total. The number of phenolic OH excluding ortho intramolecular Hbond substituents is 1. The molecule has 0 saturated heterocycles. The average Bonchev–Trinajstić information content (AvgIpc) is 3.06. The van der Waals surface area contributed by atoms with E-state index in [1.165, 1.54) is 26.0 Å². The SMILES string of the molecule is Cc1c(CCC(=O)NC[C@H](C)C(=O)O)c2c(F)c(O)c(F)cc2n1C(=O)c1ccc(Cl)c(F)c1. The minimum Gasteiger partial charge on any atom is -0.503 e. The predicted molar refractivity (Wildman–Crippen MR) is 118 cm³/mol. The molecule has 0 bridgehead atoms. The number of fused-ring (bicyclic) bond motifs is 1. The van der Waals surface area contributed by atoms with E-state index in [4.69, 9.17) is 16.7 Å². The third-order valence-corrected chi connectivity index (χ3v) is 5.79. The molecule has 0 spiro atoms. The zero-order valence-electron chi connectivity index (χ0n) is 18.1. The summed E-state index contributed by atoms with van der Waals surface area (Å²) in [6, 6.07) is 4.09. The largest absolute Gasteiger partial charge is 0.503 e. The number of aromatic hydroxyl groups is 1. The van der Waals surface area contributed by atoms with Crippen molar-refractivity contribution in [2.75, 3.05) is 6.54 Å². The number of carbonyl (C=O) groups excluding carboxylic acids is 2. The van der Waals surface area contributed by atoms with Crippen LogP contribution in [0, 0.1) is 30.3 Å². The standard InChI is InChI=1S/C23H20ClF3N2O5/c1-10(23(33)34)9-28-18(30)6-4-13-11(2)29(17-8-16(26)21(31)20(27)19(13)17)22(32)12-3-5-14(24)15(25)7-12/h3,5,7-8,10,31H,4,6,9H2,1-2H3,(H,28,30)(H,33,34)/t10-/m0/s1. The van der Waals surface area contributed by atoms with Crippen LogP contribution in [0.5, 0.6) is 5.75 Å². The van der Waals surface area contributed by atoms with E-state index >= 15 is 0 Å². The van der Waals surface area contributed by atoms with Crippen molar-refractivity contribution in [2.24, 2.45) is 5.92 Å². The Morgan fingerprint density at radius 2 is 1.82 bits per heavy atom. The lowest BCUT2D eigenvalue weighted by atomic mass is 10.0. The Labute approximate surface area is 196 Å². The predicted octanol–water partition coefficient (Wildman–Crippen LogP) is 4.18. The molecule has 0 fully saturated rings. The van der Waals surface area contributed by atoms with E-state index in [1.807, 2.05) is 0 Å². The number of aryl methyl sites for hydroxylation is 1. The van der Waals surface area contributed by atoms with Gasteiger partial charge in [-0.2, -0.15) is 0 Å². The van der Waals surface area contributed by atoms with Crippen LogP contribution < -0.4 is 5.32 Å². The van der Waals surface area contributed by atoms with Gasteiger partial charge in [-0.25, -0.2) is 13.2 Å². The topological polar surface area (TPSA) is 109 Å². The first kappa shape index (κ1) is 25.1. The maximum absolute atomic E-state index is 14.9. The van der Waals surface area contributed by atoms with E-state index in [2.05, 4.69) is 5.32 Å². The Bertz CT molecular complexity index is 1320. The van der Waals surface area contributed by atoms with Crippen LogP contribution >= 0.6 is 11.6 Å². The van der Waals surface area contributed by atoms with Crippen LogP contribution in [0.25, 0.3) is 10.9 Å². The normalized spacial score (nSPS) is 12.1. The van der Waals surface area contributed by atoms with Gasteiger partial charge in [-0.1, -0.05) is 18.5 Å². The molecular weight excluding hydrogens is 477 g/mol. The summed E-state index contributed by atoms with van der Waals surface area (Å²) in [7, 11) is 0. The van der Waals surface area contributed by atoms with Crippen molar-refractivity contribution >= 4 is 40.3 Å². The maximum Gasteiger partial charge on any atom is 0.308 e. The van der Waals surface area contributed by atoms with Gasteiger partial charge in [-0.15, -0.1) is 0 Å². The second-order valence-electron chi connectivity index (χ2n) is 7.79. The van der Waals surface area contributed by atoms with Crippen molar-refractivity contribution < 1.29 is 37.8 Å². The lowest BCUT2D eigenvalue weighted by Crippen LogP contribution is -2.31. The minimum absolute atomic E-state index is 0.104. The summed E-state index contributed by atoms with van der Waals surface area (Å²) < 4.78 is 44.0. The number of carboxylic acids is 1. The van der Waals surface area contributed by atoms with Crippen LogP contribution in [-0.4, -0.2) is 39.1 Å². The zero-order valence-corrected chi connectivity index (χ0v) is 18.8. The second-order valence-corrected chi connectivity index (χ2v) is 8.20. The fourth-order valence-electron chi connectivity index (χ4n) is 3.56. The molecule has 1 heterocycles. The zero-order chi connectivity index (χ0) is 25.3. The molecule has 11 heteroatoms. The van der Waals surface area contributed by atoms with E-state index in [0.29, 0.717) is 0 Å². The number of carboxylic acid groups (broad SMARTS) is 1. The van der Waals surface area contributed by atoms with Gasteiger partial charge in [0.25, 0.3) is 5.91 Å². The van der Waals surface area contributed by atoms with Crippen LogP contribution in [0.1, 0.15) is 35.0 Å². The van der Waals surface area contributed by atoms with Gasteiger partial charge in [0.1, 0.15) is 5.82 Å². The Hall–Kier alpha value is -3.53. The lowest BCUT2D eigenvalue weighted by Gasteiger charge is -2.09. The number of phenols is 1. The van der Waals surface area contributed by atoms with Gasteiger partial charge < -0.3 is 15.5 Å². The van der Waals surface area contributed by atoms with Crippen molar-refractivity contribution in [3.63, 3.8) is 0 Å². The first-order chi connectivity index (χ1) is 15.9. The Morgan fingerprint density at radius 3 is 2.44 bits per heavy atom. The number of halogens is 4. The molecule has 0 aliphatic rings. The van der Waals surface area contributed by atoms with Crippen molar-refractivity contribution in [2.45, 2.75) is 26.7 Å². The van der Waals surface area contributed by atoms with Gasteiger partial charge >= 0.3 is 5.97 Å². The molecule has 1 amide bonds. The number of rotatable bonds is 7. The Balaban J connectivity index is 2.03. The summed E-state index contributed by atoms with van der Waals surface area (Å²) in [6.07, 6.45) is -0.305. The fraction of sp³-hybridized carbons (Fsp3) is 0.261. The highest BCUT2D eigenvalue weighted by molar-refractivity contribution is 6.30. The van der Waals surface area contributed by atoms with Crippen LogP contribution in [-0.2, 0) is 16.0 Å². The molecule has 1 atom stereocenters. The number of nitrogens with one attached hydrogen (secondary N) is 1. The third kappa shape index (κ3) is 4.72. The molecular formula is C23H20ClF3N2O5. The quantitative estimate of drug-likeness (QED) is 0.454. The van der Waals surface area contributed by atoms with Gasteiger partial charge in [0.2, 0.25) is 5.91 Å². The molecule has 2 aromatic carbocycles. The Morgan fingerprint density at radius 1 is 1.15 bits per heavy atom. The van der Waals surface area contributed by atoms with Crippen LogP contribution in [0.3, 0.4) is 0 Å². The number of carbonyl (C=O) groups is 3. The van der Waals surface area contributed by atoms with Gasteiger partial charge in [0.05, 0.1) is 16.5 Å². The van der Waals surface area contributed by atoms with E-state index in [1.54, 1.807) is 0 Å². The third-order valence-electron chi connectivity index (χ3n) is 5.49. The first-order valence-electron chi connectivity index (χ1n) is 10.1. The number of aromatic nitrogens is 1. The number of aliphatic carboxylic acids is 1. The summed E-state index contributed by atoms with van der Waals surface area (Å²) in [5, 5.41) is 20.7. The summed E-state index contributed by atoms with van der Waals surface area (Å²) in [5.41, 5.74) is -0.0266. The molecule has 7 nitrogen and oxygen atoms in total. The summed E-state index contributed by atoms with van der Waals surface area (Å²) >= 11 is 5.66. The highest BCUT2D eigenvalue weighted by Gasteiger charge is 2.26. The molecule has 3 rings (SSSR count). The minimum atomic E-state index is -1.30. The van der Waals surface area contributed by atoms with Crippen LogP contribution in [0.2, 0.25) is 5.02 Å². The highest BCUT2D eigenvalue weighted by atomic mass is 35.5. The first-order valence-corrected chi connectivity index (χ1v) is 10.5. The van der Waals surface area contributed by atoms with Crippen LogP contribution in [0.4, 0.5) is 13.2 Å². The molecule has 1 aromatic heterocycles. The van der Waals surface area contributed by atoms with E-state index in [0.717, 1.165) is 16.7 Å². The molecule has 3 aromatic rings. The van der Waals surface area contributed by atoms with Crippen molar-refractivity contribution in [3.8, 4) is 5.75 Å². The number of amides is 1. The molecule has 0 aliphatic heterocycles. The van der Waals surface area contributed by atoms with Gasteiger partial charge in [0, 0.05) is 35.7 Å². The van der Waals surface area contributed by atoms with Crippen molar-refractivity contribution in [1.29, 1.82) is 0 Å². The lowest BCUT2D eigenvalue weighted by molar-refractivity contribution is -0.141. The smallest absolute Gasteiger partial charge is 0.308 e. The highest BCUT2D eigenvalue weighted by Crippen LogP contribution is 2.36. The Kier molecular flexibility index (Phi) is 7.21. The van der Waals surface area contributed by atoms with Gasteiger partial charge in [-0.3, -0.25) is 19.0 Å². The summed E-state index contributed by atoms with van der Waals surface area (Å²) in [6.45, 7) is 2.74. The molecule has 0 radical (unpaired) electrons. The molecule has 0 saturated carbocycles. The van der Waals surface area contributed by atoms with Crippen molar-refractivity contribution in [3.05, 3.63) is 63.6 Å². The molecule has 0 unspecified atom stereocenters. The summed E-state index contributed by atoms with van der Waals surface area (Å²) in [4.78, 5) is 36.2. The van der Waals surface area contributed by atoms with Gasteiger partial charge in [0.15, 0.2) is 17.4 Å². The monoisotopic (exact) mass is 496 g/mol. The van der Waals surface area contributed by atoms with Crippen molar-refractivity contribution in [1.82, 2.24) is 9.88 Å². The number of hydrogen-bond acceptors (Lipinski definition) is 4. The number of hydrogen-bond donors (Lipinski definition) is 3. The number of nitrogens with zero attached hydrogens (tertiary/aromatic N) is 1. The van der Waals surface area contributed by atoms with E-state index in [-0.39, 0.29) is 52.1 Å². The molecule has 34 heavy (non-hydrogen) atoms. The number of benzene rings is 2. The molecule has 0 aliphatic carbocycles. The fourth-order valence-corrected chi connectivity index (χ4v) is 3.68. The average molecular weight is 497 g/mol. The molecule has 180 valence electrons. The maximum atomic E-state index is 14.9. The van der Waals surface area contributed by atoms with Gasteiger partial charge in [-0.05, 0) is 37.1 Å². The van der Waals surface area contributed by atoms with E-state index < -0.39 is 46.9 Å².